The molecule has 0 fully saturated rings. The zero-order chi connectivity index (χ0) is 19.9. The van der Waals surface area contributed by atoms with Crippen molar-refractivity contribution in [1.82, 2.24) is 10.6 Å². The minimum Gasteiger partial charge on any atom is -0.480 e. The summed E-state index contributed by atoms with van der Waals surface area (Å²) in [6, 6.07) is -1.65. The van der Waals surface area contributed by atoms with Crippen LogP contribution in [0.25, 0.3) is 0 Å². The molecule has 0 bridgehead atoms. The van der Waals surface area contributed by atoms with Crippen molar-refractivity contribution in [2.24, 2.45) is 5.92 Å². The first-order chi connectivity index (χ1) is 12.3. The maximum atomic E-state index is 12.1. The van der Waals surface area contributed by atoms with Gasteiger partial charge in [-0.1, -0.05) is 65.7 Å². The van der Waals surface area contributed by atoms with E-state index in [4.69, 9.17) is 5.11 Å². The number of amides is 2. The Morgan fingerprint density at radius 1 is 0.846 bits per heavy atom. The molecule has 6 nitrogen and oxygen atoms in total. The number of carbonyl (C=O) groups excluding carboxylic acids is 2. The Hall–Kier alpha value is -1.59. The number of nitrogens with one attached hydrogen (secondary N) is 2. The molecule has 0 aliphatic heterocycles. The summed E-state index contributed by atoms with van der Waals surface area (Å²) in [6.07, 6.45) is 10.1. The third kappa shape index (κ3) is 12.7. The summed E-state index contributed by atoms with van der Waals surface area (Å²) in [5.41, 5.74) is 0. The molecule has 0 aliphatic carbocycles. The lowest BCUT2D eigenvalue weighted by Crippen LogP contribution is -2.50. The summed E-state index contributed by atoms with van der Waals surface area (Å²) < 4.78 is 0. The van der Waals surface area contributed by atoms with Crippen LogP contribution in [0.5, 0.6) is 0 Å². The molecule has 2 amide bonds. The zero-order valence-electron chi connectivity index (χ0n) is 17.0. The first-order valence-corrected chi connectivity index (χ1v) is 10.1. The molecule has 0 aliphatic rings. The van der Waals surface area contributed by atoms with Gasteiger partial charge in [0, 0.05) is 6.42 Å². The van der Waals surface area contributed by atoms with Gasteiger partial charge in [-0.05, 0) is 25.7 Å². The Labute approximate surface area is 158 Å². The molecule has 152 valence electrons. The van der Waals surface area contributed by atoms with E-state index in [1.54, 1.807) is 6.92 Å². The van der Waals surface area contributed by atoms with Gasteiger partial charge in [-0.2, -0.15) is 0 Å². The fourth-order valence-corrected chi connectivity index (χ4v) is 2.79. The number of hydrogen-bond donors (Lipinski definition) is 3. The van der Waals surface area contributed by atoms with Gasteiger partial charge in [-0.3, -0.25) is 9.59 Å². The van der Waals surface area contributed by atoms with Gasteiger partial charge in [-0.25, -0.2) is 4.79 Å². The molecular weight excluding hydrogens is 332 g/mol. The molecule has 6 heteroatoms. The summed E-state index contributed by atoms with van der Waals surface area (Å²) in [5.74, 6) is -1.51. The first kappa shape index (κ1) is 24.4. The zero-order valence-corrected chi connectivity index (χ0v) is 17.0. The van der Waals surface area contributed by atoms with Crippen LogP contribution in [-0.4, -0.2) is 35.0 Å². The van der Waals surface area contributed by atoms with Gasteiger partial charge >= 0.3 is 5.97 Å². The van der Waals surface area contributed by atoms with Gasteiger partial charge in [0.05, 0.1) is 0 Å². The summed E-state index contributed by atoms with van der Waals surface area (Å²) in [4.78, 5) is 35.2. The number of hydrogen-bond acceptors (Lipinski definition) is 3. The predicted octanol–water partition coefficient (Wildman–Crippen LogP) is 3.64. The summed E-state index contributed by atoms with van der Waals surface area (Å²) in [5, 5.41) is 14.3. The van der Waals surface area contributed by atoms with Gasteiger partial charge in [0.15, 0.2) is 0 Å². The standard InChI is InChI=1S/C20H38N2O4/c1-5-6-7-8-9-10-11-12-13-18(23)21-16(4)19(24)22-17(20(25)26)14-15(2)3/h15-17H,5-14H2,1-4H3,(H,21,23)(H,22,24)(H,25,26)/t16-,17-/m0/s1. The number of carboxylic acids is 1. The number of carboxylic acid groups (broad SMARTS) is 1. The quantitative estimate of drug-likeness (QED) is 0.384. The summed E-state index contributed by atoms with van der Waals surface area (Å²) in [6.45, 7) is 7.58. The predicted molar refractivity (Wildman–Crippen MR) is 104 cm³/mol. The van der Waals surface area contributed by atoms with Crippen LogP contribution in [0.2, 0.25) is 0 Å². The second kappa shape index (κ2) is 14.6. The molecule has 2 atom stereocenters. The second-order valence-corrected chi connectivity index (χ2v) is 7.54. The van der Waals surface area contributed by atoms with E-state index in [1.807, 2.05) is 13.8 Å². The molecule has 0 spiro atoms. The smallest absolute Gasteiger partial charge is 0.326 e. The van der Waals surface area contributed by atoms with Gasteiger partial charge in [0.1, 0.15) is 12.1 Å². The Morgan fingerprint density at radius 2 is 1.38 bits per heavy atom. The van der Waals surface area contributed by atoms with Gasteiger partial charge in [0.2, 0.25) is 11.8 Å². The van der Waals surface area contributed by atoms with E-state index in [2.05, 4.69) is 17.6 Å². The highest BCUT2D eigenvalue weighted by atomic mass is 16.4. The molecular formula is C20H38N2O4. The fourth-order valence-electron chi connectivity index (χ4n) is 2.79. The molecule has 0 saturated carbocycles. The molecule has 0 radical (unpaired) electrons. The van der Waals surface area contributed by atoms with E-state index in [0.29, 0.717) is 12.8 Å². The summed E-state index contributed by atoms with van der Waals surface area (Å²) >= 11 is 0. The van der Waals surface area contributed by atoms with Gasteiger partial charge in [-0.15, -0.1) is 0 Å². The van der Waals surface area contributed by atoms with Crippen LogP contribution >= 0.6 is 0 Å². The summed E-state index contributed by atoms with van der Waals surface area (Å²) in [7, 11) is 0. The molecule has 0 heterocycles. The largest absolute Gasteiger partial charge is 0.480 e. The maximum Gasteiger partial charge on any atom is 0.326 e. The van der Waals surface area contributed by atoms with Crippen LogP contribution in [0.15, 0.2) is 0 Å². The molecule has 0 rings (SSSR count). The average molecular weight is 371 g/mol. The van der Waals surface area contributed by atoms with Crippen molar-refractivity contribution < 1.29 is 19.5 Å². The van der Waals surface area contributed by atoms with Crippen LogP contribution < -0.4 is 10.6 Å². The molecule has 0 unspecified atom stereocenters. The lowest BCUT2D eigenvalue weighted by molar-refractivity contribution is -0.142. The van der Waals surface area contributed by atoms with Crippen LogP contribution in [0.4, 0.5) is 0 Å². The van der Waals surface area contributed by atoms with Crippen molar-refractivity contribution in [3.8, 4) is 0 Å². The Morgan fingerprint density at radius 3 is 1.88 bits per heavy atom. The fraction of sp³-hybridized carbons (Fsp3) is 0.850. The molecule has 0 aromatic carbocycles. The number of unbranched alkanes of at least 4 members (excludes halogenated alkanes) is 7. The average Bonchev–Trinajstić information content (AvgIpc) is 2.55. The lowest BCUT2D eigenvalue weighted by atomic mass is 10.0. The highest BCUT2D eigenvalue weighted by Crippen LogP contribution is 2.09. The molecule has 0 aromatic rings. The highest BCUT2D eigenvalue weighted by Gasteiger charge is 2.24. The van der Waals surface area contributed by atoms with E-state index in [-0.39, 0.29) is 11.8 Å². The van der Waals surface area contributed by atoms with Crippen molar-refractivity contribution in [1.29, 1.82) is 0 Å². The molecule has 3 N–H and O–H groups in total. The number of rotatable bonds is 15. The highest BCUT2D eigenvalue weighted by molar-refractivity contribution is 5.90. The molecule has 0 saturated heterocycles. The van der Waals surface area contributed by atoms with Crippen molar-refractivity contribution >= 4 is 17.8 Å². The Bertz CT molecular complexity index is 424. The van der Waals surface area contributed by atoms with Crippen molar-refractivity contribution in [3.05, 3.63) is 0 Å². The van der Waals surface area contributed by atoms with Crippen LogP contribution in [0, 0.1) is 5.92 Å². The van der Waals surface area contributed by atoms with Crippen molar-refractivity contribution in [3.63, 3.8) is 0 Å². The minimum absolute atomic E-state index is 0.156. The van der Waals surface area contributed by atoms with E-state index >= 15 is 0 Å². The SMILES string of the molecule is CCCCCCCCCCC(=O)N[C@@H](C)C(=O)N[C@@H](CC(C)C)C(=O)O. The third-order valence-corrected chi connectivity index (χ3v) is 4.35. The number of carbonyl (C=O) groups is 3. The van der Waals surface area contributed by atoms with E-state index in [9.17, 15) is 14.4 Å². The molecule has 26 heavy (non-hydrogen) atoms. The van der Waals surface area contributed by atoms with Gasteiger partial charge < -0.3 is 15.7 Å². The van der Waals surface area contributed by atoms with E-state index in [1.165, 1.54) is 32.1 Å². The molecule has 0 aromatic heterocycles. The van der Waals surface area contributed by atoms with Crippen molar-refractivity contribution in [2.75, 3.05) is 0 Å². The monoisotopic (exact) mass is 370 g/mol. The number of aliphatic carboxylic acids is 1. The first-order valence-electron chi connectivity index (χ1n) is 10.1. The lowest BCUT2D eigenvalue weighted by Gasteiger charge is -2.20. The Kier molecular flexibility index (Phi) is 13.7. The van der Waals surface area contributed by atoms with E-state index in [0.717, 1.165) is 19.3 Å². The minimum atomic E-state index is -1.05. The third-order valence-electron chi connectivity index (χ3n) is 4.35. The normalized spacial score (nSPS) is 13.3. The van der Waals surface area contributed by atoms with E-state index < -0.39 is 24.0 Å². The van der Waals surface area contributed by atoms with Crippen LogP contribution in [-0.2, 0) is 14.4 Å². The second-order valence-electron chi connectivity index (χ2n) is 7.54. The van der Waals surface area contributed by atoms with Gasteiger partial charge in [0.25, 0.3) is 0 Å². The topological polar surface area (TPSA) is 95.5 Å². The maximum absolute atomic E-state index is 12.1. The van der Waals surface area contributed by atoms with Crippen molar-refractivity contribution in [2.45, 2.75) is 104 Å². The van der Waals surface area contributed by atoms with Crippen LogP contribution in [0.3, 0.4) is 0 Å². The Balaban J connectivity index is 3.98. The van der Waals surface area contributed by atoms with Crippen LogP contribution in [0.1, 0.15) is 91.9 Å².